The molecule has 3 aromatic rings. The monoisotopic (exact) mass is 360 g/mol. The molecule has 0 saturated heterocycles. The lowest BCUT2D eigenvalue weighted by molar-refractivity contribution is 0.0722. The highest BCUT2D eigenvalue weighted by molar-refractivity contribution is 5.92. The second-order valence-electron chi connectivity index (χ2n) is 5.56. The fourth-order valence-electron chi connectivity index (χ4n) is 2.74. The molecular formula is C17H17ClN4O3. The molecule has 1 aliphatic rings. The highest BCUT2D eigenvalue weighted by atomic mass is 35.5. The van der Waals surface area contributed by atoms with Crippen LogP contribution in [0.25, 0.3) is 11.5 Å². The molecule has 3 heterocycles. The van der Waals surface area contributed by atoms with Crippen LogP contribution in [0.1, 0.15) is 27.8 Å². The molecule has 1 aromatic carbocycles. The highest BCUT2D eigenvalue weighted by Gasteiger charge is 2.27. The van der Waals surface area contributed by atoms with Crippen LogP contribution < -0.4 is 5.73 Å². The van der Waals surface area contributed by atoms with E-state index in [0.717, 1.165) is 17.0 Å². The third-order valence-corrected chi connectivity index (χ3v) is 3.98. The molecule has 0 fully saturated rings. The third-order valence-electron chi connectivity index (χ3n) is 3.98. The van der Waals surface area contributed by atoms with E-state index in [-0.39, 0.29) is 30.6 Å². The summed E-state index contributed by atoms with van der Waals surface area (Å²) in [6, 6.07) is 9.72. The first-order chi connectivity index (χ1) is 11.7. The Morgan fingerprint density at radius 2 is 2.04 bits per heavy atom. The Bertz CT molecular complexity index is 875. The largest absolute Gasteiger partial charge is 0.447 e. The van der Waals surface area contributed by atoms with Gasteiger partial charge in [0, 0.05) is 18.5 Å². The van der Waals surface area contributed by atoms with Gasteiger partial charge in [0.15, 0.2) is 5.69 Å². The lowest BCUT2D eigenvalue weighted by Crippen LogP contribution is -2.36. The van der Waals surface area contributed by atoms with Gasteiger partial charge in [-0.25, -0.2) is 9.97 Å². The number of benzene rings is 1. The zero-order chi connectivity index (χ0) is 16.5. The Morgan fingerprint density at radius 3 is 2.76 bits per heavy atom. The molecule has 25 heavy (non-hydrogen) atoms. The van der Waals surface area contributed by atoms with Crippen molar-refractivity contribution in [3.8, 4) is 11.5 Å². The summed E-state index contributed by atoms with van der Waals surface area (Å²) in [7, 11) is 0. The van der Waals surface area contributed by atoms with Crippen molar-refractivity contribution < 1.29 is 13.6 Å². The van der Waals surface area contributed by atoms with E-state index in [9.17, 15) is 4.79 Å². The number of nitrogens with two attached hydrogens (primary N) is 1. The number of oxazole rings is 2. The van der Waals surface area contributed by atoms with Crippen molar-refractivity contribution in [2.45, 2.75) is 19.5 Å². The van der Waals surface area contributed by atoms with Gasteiger partial charge in [0.25, 0.3) is 5.91 Å². The number of aromatic nitrogens is 2. The van der Waals surface area contributed by atoms with Crippen molar-refractivity contribution in [3.05, 3.63) is 59.6 Å². The molecule has 0 radical (unpaired) electrons. The van der Waals surface area contributed by atoms with Gasteiger partial charge in [-0.1, -0.05) is 18.2 Å². The lowest BCUT2D eigenvalue weighted by Gasteiger charge is -2.24. The molecule has 0 unspecified atom stereocenters. The first-order valence-corrected chi connectivity index (χ1v) is 7.72. The summed E-state index contributed by atoms with van der Waals surface area (Å²) in [6.07, 6.45) is 1.97. The number of hydrogen-bond donors (Lipinski definition) is 1. The van der Waals surface area contributed by atoms with Crippen LogP contribution in [0.4, 0.5) is 0 Å². The Hall–Kier alpha value is -2.64. The van der Waals surface area contributed by atoms with E-state index in [1.807, 2.05) is 30.3 Å². The summed E-state index contributed by atoms with van der Waals surface area (Å²) in [5.74, 6) is 1.58. The Balaban J connectivity index is 0.00000182. The molecule has 2 aromatic heterocycles. The Labute approximate surface area is 150 Å². The van der Waals surface area contributed by atoms with Gasteiger partial charge in [0.1, 0.15) is 17.7 Å². The van der Waals surface area contributed by atoms with Crippen LogP contribution in [0.2, 0.25) is 0 Å². The van der Waals surface area contributed by atoms with Crippen molar-refractivity contribution in [2.75, 3.05) is 6.54 Å². The van der Waals surface area contributed by atoms with E-state index < -0.39 is 0 Å². The number of fused-ring (bicyclic) bond motifs is 1. The summed E-state index contributed by atoms with van der Waals surface area (Å²) in [6.45, 7) is 1.12. The summed E-state index contributed by atoms with van der Waals surface area (Å²) < 4.78 is 11.0. The standard InChI is InChI=1S/C17H16N4O3.ClH/c18-8-15-19-13(10-23-15)17(22)21-7-6-14-12(9-21)20-16(24-14)11-4-2-1-3-5-11;/h1-5,10H,6-9,18H2;1H. The van der Waals surface area contributed by atoms with Gasteiger partial charge in [-0.3, -0.25) is 4.79 Å². The molecule has 8 heteroatoms. The molecule has 130 valence electrons. The van der Waals surface area contributed by atoms with Gasteiger partial charge in [0.2, 0.25) is 11.8 Å². The number of rotatable bonds is 3. The minimum Gasteiger partial charge on any atom is -0.447 e. The van der Waals surface area contributed by atoms with Crippen LogP contribution in [-0.2, 0) is 19.5 Å². The van der Waals surface area contributed by atoms with E-state index >= 15 is 0 Å². The van der Waals surface area contributed by atoms with Crippen LogP contribution in [0.5, 0.6) is 0 Å². The van der Waals surface area contributed by atoms with Crippen molar-refractivity contribution in [3.63, 3.8) is 0 Å². The van der Waals surface area contributed by atoms with E-state index in [4.69, 9.17) is 14.6 Å². The highest BCUT2D eigenvalue weighted by Crippen LogP contribution is 2.26. The van der Waals surface area contributed by atoms with Gasteiger partial charge in [-0.15, -0.1) is 12.4 Å². The van der Waals surface area contributed by atoms with Gasteiger partial charge in [-0.2, -0.15) is 0 Å². The molecule has 1 amide bonds. The zero-order valence-corrected chi connectivity index (χ0v) is 14.2. The molecular weight excluding hydrogens is 344 g/mol. The number of hydrogen-bond acceptors (Lipinski definition) is 6. The average Bonchev–Trinajstić information content (AvgIpc) is 3.28. The first kappa shape index (κ1) is 17.2. The van der Waals surface area contributed by atoms with Crippen LogP contribution in [0.3, 0.4) is 0 Å². The van der Waals surface area contributed by atoms with Crippen molar-refractivity contribution in [1.29, 1.82) is 0 Å². The molecule has 0 aliphatic carbocycles. The second kappa shape index (κ2) is 7.08. The van der Waals surface area contributed by atoms with Gasteiger partial charge >= 0.3 is 0 Å². The fraction of sp³-hybridized carbons (Fsp3) is 0.235. The maximum Gasteiger partial charge on any atom is 0.276 e. The number of carbonyl (C=O) groups is 1. The topological polar surface area (TPSA) is 98.4 Å². The van der Waals surface area contributed by atoms with E-state index in [2.05, 4.69) is 9.97 Å². The summed E-state index contributed by atoms with van der Waals surface area (Å²) in [5, 5.41) is 0. The normalized spacial score (nSPS) is 13.2. The number of carbonyl (C=O) groups excluding carboxylic acids is 1. The predicted octanol–water partition coefficient (Wildman–Crippen LogP) is 2.41. The SMILES string of the molecule is Cl.NCc1nc(C(=O)N2CCc3oc(-c4ccccc4)nc3C2)co1. The first-order valence-electron chi connectivity index (χ1n) is 7.72. The Kier molecular flexibility index (Phi) is 4.87. The van der Waals surface area contributed by atoms with E-state index in [1.165, 1.54) is 6.26 Å². The van der Waals surface area contributed by atoms with Gasteiger partial charge in [-0.05, 0) is 12.1 Å². The van der Waals surface area contributed by atoms with Crippen LogP contribution in [-0.4, -0.2) is 27.3 Å². The summed E-state index contributed by atoms with van der Waals surface area (Å²) >= 11 is 0. The Morgan fingerprint density at radius 1 is 1.24 bits per heavy atom. The number of nitrogens with zero attached hydrogens (tertiary/aromatic N) is 3. The third kappa shape index (κ3) is 3.29. The maximum absolute atomic E-state index is 12.5. The van der Waals surface area contributed by atoms with Crippen LogP contribution >= 0.6 is 12.4 Å². The molecule has 1 aliphatic heterocycles. The molecule has 4 rings (SSSR count). The zero-order valence-electron chi connectivity index (χ0n) is 13.3. The number of halogens is 1. The molecule has 7 nitrogen and oxygen atoms in total. The average molecular weight is 361 g/mol. The minimum atomic E-state index is -0.187. The fourth-order valence-corrected chi connectivity index (χ4v) is 2.74. The molecule has 0 spiro atoms. The van der Waals surface area contributed by atoms with Crippen LogP contribution in [0.15, 0.2) is 45.4 Å². The van der Waals surface area contributed by atoms with Crippen molar-refractivity contribution >= 4 is 18.3 Å². The predicted molar refractivity (Wildman–Crippen MR) is 92.0 cm³/mol. The van der Waals surface area contributed by atoms with Crippen molar-refractivity contribution in [1.82, 2.24) is 14.9 Å². The smallest absolute Gasteiger partial charge is 0.276 e. The molecule has 0 saturated carbocycles. The maximum atomic E-state index is 12.5. The second-order valence-corrected chi connectivity index (χ2v) is 5.56. The van der Waals surface area contributed by atoms with Gasteiger partial charge < -0.3 is 19.5 Å². The molecule has 0 bridgehead atoms. The summed E-state index contributed by atoms with van der Waals surface area (Å²) in [4.78, 5) is 22.8. The van der Waals surface area contributed by atoms with E-state index in [1.54, 1.807) is 4.90 Å². The van der Waals surface area contributed by atoms with Gasteiger partial charge in [0.05, 0.1) is 13.1 Å². The molecule has 0 atom stereocenters. The van der Waals surface area contributed by atoms with E-state index in [0.29, 0.717) is 31.3 Å². The molecule has 2 N–H and O–H groups in total. The number of amides is 1. The van der Waals surface area contributed by atoms with Crippen molar-refractivity contribution in [2.24, 2.45) is 5.73 Å². The summed E-state index contributed by atoms with van der Waals surface area (Å²) in [5.41, 5.74) is 7.44. The van der Waals surface area contributed by atoms with Crippen LogP contribution in [0, 0.1) is 0 Å². The lowest BCUT2D eigenvalue weighted by atomic mass is 10.1. The minimum absolute atomic E-state index is 0. The quantitative estimate of drug-likeness (QED) is 0.770.